The van der Waals surface area contributed by atoms with Crippen LogP contribution in [0.5, 0.6) is 0 Å². The van der Waals surface area contributed by atoms with Gasteiger partial charge in [-0.1, -0.05) is 42.7 Å². The van der Waals surface area contributed by atoms with Gasteiger partial charge in [0.05, 0.1) is 12.7 Å². The zero-order valence-electron chi connectivity index (χ0n) is 14.6. The van der Waals surface area contributed by atoms with Gasteiger partial charge in [-0.05, 0) is 36.6 Å². The normalized spacial score (nSPS) is 15.1. The predicted molar refractivity (Wildman–Crippen MR) is 101 cm³/mol. The third-order valence-corrected chi connectivity index (χ3v) is 5.39. The molecule has 136 valence electrons. The molecule has 1 heterocycles. The van der Waals surface area contributed by atoms with E-state index in [2.05, 4.69) is 20.3 Å². The minimum Gasteiger partial charge on any atom is -0.465 e. The number of nitrogens with zero attached hydrogens (tertiary/aromatic N) is 2. The summed E-state index contributed by atoms with van der Waals surface area (Å²) in [4.78, 5) is 23.5. The van der Waals surface area contributed by atoms with Crippen molar-refractivity contribution in [3.63, 3.8) is 0 Å². The Balaban J connectivity index is 1.56. The minimum absolute atomic E-state index is 0.256. The molecule has 1 aromatic carbocycles. The number of aromatic nitrogens is 2. The van der Waals surface area contributed by atoms with Gasteiger partial charge in [-0.2, -0.15) is 0 Å². The zero-order chi connectivity index (χ0) is 18.4. The Bertz CT molecular complexity index is 793. The van der Waals surface area contributed by atoms with Crippen molar-refractivity contribution >= 4 is 34.4 Å². The van der Waals surface area contributed by atoms with E-state index in [0.717, 1.165) is 23.4 Å². The van der Waals surface area contributed by atoms with Gasteiger partial charge in [0.15, 0.2) is 0 Å². The molecule has 0 unspecified atom stereocenters. The number of anilines is 1. The maximum absolute atomic E-state index is 12.1. The summed E-state index contributed by atoms with van der Waals surface area (Å²) >= 11 is 1.46. The fraction of sp³-hybridized carbons (Fsp3) is 0.368. The summed E-state index contributed by atoms with van der Waals surface area (Å²) in [5.74, 6) is -0.160. The highest BCUT2D eigenvalue weighted by Crippen LogP contribution is 2.35. The van der Waals surface area contributed by atoms with Gasteiger partial charge in [-0.25, -0.2) is 4.79 Å². The molecule has 0 radical (unpaired) electrons. The summed E-state index contributed by atoms with van der Waals surface area (Å²) < 4.78 is 4.65. The van der Waals surface area contributed by atoms with Crippen molar-refractivity contribution in [3.8, 4) is 0 Å². The number of methoxy groups -OCH3 is 1. The maximum atomic E-state index is 12.1. The van der Waals surface area contributed by atoms with Crippen LogP contribution in [0, 0.1) is 0 Å². The monoisotopic (exact) mass is 371 g/mol. The van der Waals surface area contributed by atoms with Crippen LogP contribution in [0.3, 0.4) is 0 Å². The van der Waals surface area contributed by atoms with Crippen LogP contribution in [0.1, 0.15) is 59.0 Å². The number of carbonyl (C=O) groups is 2. The second kappa shape index (κ2) is 8.71. The number of carbonyl (C=O) groups excluding carboxylic acids is 2. The summed E-state index contributed by atoms with van der Waals surface area (Å²) in [5.41, 5.74) is 1.28. The third kappa shape index (κ3) is 4.76. The van der Waals surface area contributed by atoms with E-state index in [-0.39, 0.29) is 11.9 Å². The second-order valence-corrected chi connectivity index (χ2v) is 7.23. The molecule has 0 bridgehead atoms. The summed E-state index contributed by atoms with van der Waals surface area (Å²) in [5, 5.41) is 12.6. The molecule has 2 aromatic rings. The maximum Gasteiger partial charge on any atom is 0.337 e. The van der Waals surface area contributed by atoms with E-state index < -0.39 is 0 Å². The predicted octanol–water partition coefficient (Wildman–Crippen LogP) is 4.02. The quantitative estimate of drug-likeness (QED) is 0.634. The smallest absolute Gasteiger partial charge is 0.337 e. The van der Waals surface area contributed by atoms with Gasteiger partial charge >= 0.3 is 5.97 Å². The molecular formula is C19H21N3O3S. The third-order valence-electron chi connectivity index (χ3n) is 4.38. The minimum atomic E-state index is -0.386. The van der Waals surface area contributed by atoms with Crippen LogP contribution in [0.2, 0.25) is 0 Å². The molecule has 1 amide bonds. The number of amides is 1. The van der Waals surface area contributed by atoms with Crippen molar-refractivity contribution in [2.75, 3.05) is 12.4 Å². The molecule has 0 saturated heterocycles. The van der Waals surface area contributed by atoms with Gasteiger partial charge < -0.3 is 4.74 Å². The van der Waals surface area contributed by atoms with E-state index >= 15 is 0 Å². The molecule has 0 spiro atoms. The lowest BCUT2D eigenvalue weighted by molar-refractivity contribution is -0.111. The summed E-state index contributed by atoms with van der Waals surface area (Å²) in [7, 11) is 1.34. The number of hydrogen-bond acceptors (Lipinski definition) is 6. The van der Waals surface area contributed by atoms with E-state index in [1.807, 2.05) is 0 Å². The zero-order valence-corrected chi connectivity index (χ0v) is 15.4. The molecular weight excluding hydrogens is 350 g/mol. The van der Waals surface area contributed by atoms with Crippen molar-refractivity contribution in [3.05, 3.63) is 46.5 Å². The Morgan fingerprint density at radius 3 is 2.58 bits per heavy atom. The first kappa shape index (κ1) is 18.3. The topological polar surface area (TPSA) is 81.2 Å². The molecule has 7 heteroatoms. The highest BCUT2D eigenvalue weighted by atomic mass is 32.1. The van der Waals surface area contributed by atoms with E-state index in [0.29, 0.717) is 16.6 Å². The van der Waals surface area contributed by atoms with Crippen molar-refractivity contribution in [2.45, 2.75) is 38.0 Å². The number of benzene rings is 1. The fourth-order valence-corrected chi connectivity index (χ4v) is 3.88. The van der Waals surface area contributed by atoms with E-state index in [1.54, 1.807) is 30.3 Å². The molecule has 0 aliphatic heterocycles. The van der Waals surface area contributed by atoms with Crippen molar-refractivity contribution < 1.29 is 14.3 Å². The Kier molecular flexibility index (Phi) is 6.12. The molecule has 26 heavy (non-hydrogen) atoms. The van der Waals surface area contributed by atoms with Crippen LogP contribution in [-0.2, 0) is 9.53 Å². The van der Waals surface area contributed by atoms with E-state index in [4.69, 9.17) is 0 Å². The van der Waals surface area contributed by atoms with Gasteiger partial charge in [0.25, 0.3) is 0 Å². The van der Waals surface area contributed by atoms with E-state index in [1.165, 1.54) is 43.8 Å². The van der Waals surface area contributed by atoms with Gasteiger partial charge in [0.2, 0.25) is 11.0 Å². The molecule has 6 nitrogen and oxygen atoms in total. The second-order valence-electron chi connectivity index (χ2n) is 6.22. The average Bonchev–Trinajstić information content (AvgIpc) is 3.15. The van der Waals surface area contributed by atoms with Crippen LogP contribution in [-0.4, -0.2) is 29.2 Å². The lowest BCUT2D eigenvalue weighted by Gasteiger charge is -2.18. The van der Waals surface area contributed by atoms with Gasteiger partial charge in [-0.15, -0.1) is 10.2 Å². The molecule has 3 rings (SSSR count). The largest absolute Gasteiger partial charge is 0.465 e. The fourth-order valence-electron chi connectivity index (χ4n) is 2.97. The Morgan fingerprint density at radius 2 is 1.88 bits per heavy atom. The number of hydrogen-bond donors (Lipinski definition) is 1. The first-order valence-corrected chi connectivity index (χ1v) is 9.48. The Hall–Kier alpha value is -2.54. The summed E-state index contributed by atoms with van der Waals surface area (Å²) in [6.07, 6.45) is 9.21. The highest BCUT2D eigenvalue weighted by Gasteiger charge is 2.19. The lowest BCUT2D eigenvalue weighted by atomic mass is 9.90. The van der Waals surface area contributed by atoms with Crippen LogP contribution in [0.4, 0.5) is 5.13 Å². The van der Waals surface area contributed by atoms with Crippen molar-refractivity contribution in [1.29, 1.82) is 0 Å². The number of rotatable bonds is 5. The summed E-state index contributed by atoms with van der Waals surface area (Å²) in [6.45, 7) is 0. The molecule has 1 saturated carbocycles. The molecule has 1 aromatic heterocycles. The van der Waals surface area contributed by atoms with Gasteiger partial charge in [-0.3, -0.25) is 10.1 Å². The first-order valence-electron chi connectivity index (χ1n) is 8.66. The van der Waals surface area contributed by atoms with E-state index in [9.17, 15) is 9.59 Å². The number of esters is 1. The van der Waals surface area contributed by atoms with Crippen LogP contribution < -0.4 is 5.32 Å². The Labute approximate surface area is 156 Å². The van der Waals surface area contributed by atoms with Crippen molar-refractivity contribution in [2.24, 2.45) is 0 Å². The number of ether oxygens (including phenoxy) is 1. The highest BCUT2D eigenvalue weighted by molar-refractivity contribution is 7.15. The summed E-state index contributed by atoms with van der Waals surface area (Å²) in [6, 6.07) is 6.82. The SMILES string of the molecule is COC(=O)c1ccc(/C=C/C(=O)Nc2nnc(C3CCCCC3)s2)cc1. The molecule has 1 aliphatic rings. The number of nitrogens with one attached hydrogen (secondary N) is 1. The standard InChI is InChI=1S/C19H21N3O3S/c1-25-18(24)15-10-7-13(8-11-15)9-12-16(23)20-19-22-21-17(26-19)14-5-3-2-4-6-14/h7-12,14H,2-6H2,1H3,(H,20,22,23)/b12-9+. The molecule has 1 N–H and O–H groups in total. The molecule has 1 aliphatic carbocycles. The van der Waals surface area contributed by atoms with Gasteiger partial charge in [0.1, 0.15) is 5.01 Å². The molecule has 0 atom stereocenters. The van der Waals surface area contributed by atoms with Crippen LogP contribution in [0.25, 0.3) is 6.08 Å². The lowest BCUT2D eigenvalue weighted by Crippen LogP contribution is -2.07. The molecule has 1 fully saturated rings. The van der Waals surface area contributed by atoms with Crippen LogP contribution >= 0.6 is 11.3 Å². The first-order chi connectivity index (χ1) is 12.7. The van der Waals surface area contributed by atoms with Crippen molar-refractivity contribution in [1.82, 2.24) is 10.2 Å². The average molecular weight is 371 g/mol. The Morgan fingerprint density at radius 1 is 1.15 bits per heavy atom. The van der Waals surface area contributed by atoms with Gasteiger partial charge in [0, 0.05) is 12.0 Å². The van der Waals surface area contributed by atoms with Crippen LogP contribution in [0.15, 0.2) is 30.3 Å².